The molecule has 0 aliphatic carbocycles. The Balaban J connectivity index is 1.97. The van der Waals surface area contributed by atoms with Gasteiger partial charge in [-0.3, -0.25) is 9.78 Å². The Morgan fingerprint density at radius 3 is 2.75 bits per heavy atom. The molecule has 4 heteroatoms. The summed E-state index contributed by atoms with van der Waals surface area (Å²) >= 11 is 0. The average molecular weight is 269 g/mol. The first-order valence-electron chi connectivity index (χ1n) is 6.63. The van der Waals surface area contributed by atoms with Gasteiger partial charge in [-0.15, -0.1) is 0 Å². The highest BCUT2D eigenvalue weighted by Crippen LogP contribution is 2.17. The monoisotopic (exact) mass is 269 g/mol. The van der Waals surface area contributed by atoms with Crippen LogP contribution < -0.4 is 11.1 Å². The maximum absolute atomic E-state index is 12.1. The van der Waals surface area contributed by atoms with Crippen molar-refractivity contribution in [1.29, 1.82) is 0 Å². The maximum atomic E-state index is 12.1. The van der Waals surface area contributed by atoms with Gasteiger partial charge in [0.05, 0.1) is 0 Å². The molecular weight excluding hydrogens is 250 g/mol. The van der Waals surface area contributed by atoms with Crippen LogP contribution in [0.5, 0.6) is 0 Å². The third-order valence-corrected chi connectivity index (χ3v) is 3.25. The van der Waals surface area contributed by atoms with Gasteiger partial charge in [-0.2, -0.15) is 0 Å². The van der Waals surface area contributed by atoms with Crippen molar-refractivity contribution in [2.75, 3.05) is 12.3 Å². The molecule has 0 aliphatic heterocycles. The Hall–Kier alpha value is -2.36. The van der Waals surface area contributed by atoms with Gasteiger partial charge in [0.25, 0.3) is 5.91 Å². The zero-order valence-electron chi connectivity index (χ0n) is 11.8. The number of pyridine rings is 1. The van der Waals surface area contributed by atoms with Crippen LogP contribution in [0.25, 0.3) is 0 Å². The third-order valence-electron chi connectivity index (χ3n) is 3.25. The van der Waals surface area contributed by atoms with Crippen LogP contribution in [0.3, 0.4) is 0 Å². The van der Waals surface area contributed by atoms with Crippen molar-refractivity contribution < 1.29 is 4.79 Å². The summed E-state index contributed by atoms with van der Waals surface area (Å²) in [5.41, 5.74) is 10.0. The largest absolute Gasteiger partial charge is 0.398 e. The molecule has 1 heterocycles. The SMILES string of the molecule is Cc1cc(C)c(C(=O)NCCc2ccccn2)cc1N. The minimum Gasteiger partial charge on any atom is -0.398 e. The van der Waals surface area contributed by atoms with Crippen molar-refractivity contribution in [3.8, 4) is 0 Å². The highest BCUT2D eigenvalue weighted by atomic mass is 16.1. The molecule has 2 rings (SSSR count). The number of aromatic nitrogens is 1. The van der Waals surface area contributed by atoms with Crippen molar-refractivity contribution in [2.45, 2.75) is 20.3 Å². The van der Waals surface area contributed by atoms with Gasteiger partial charge in [0.2, 0.25) is 0 Å². The Labute approximate surface area is 119 Å². The molecule has 4 nitrogen and oxygen atoms in total. The van der Waals surface area contributed by atoms with Gasteiger partial charge in [0.15, 0.2) is 0 Å². The van der Waals surface area contributed by atoms with E-state index in [0.29, 0.717) is 24.2 Å². The lowest BCUT2D eigenvalue weighted by Gasteiger charge is -2.10. The zero-order valence-corrected chi connectivity index (χ0v) is 11.8. The molecule has 0 radical (unpaired) electrons. The van der Waals surface area contributed by atoms with Gasteiger partial charge in [0.1, 0.15) is 0 Å². The van der Waals surface area contributed by atoms with Crippen LogP contribution in [0.15, 0.2) is 36.5 Å². The fourth-order valence-corrected chi connectivity index (χ4v) is 2.06. The lowest BCUT2D eigenvalue weighted by atomic mass is 10.0. The molecule has 0 bridgehead atoms. The van der Waals surface area contributed by atoms with E-state index in [4.69, 9.17) is 5.73 Å². The number of nitrogens with zero attached hydrogens (tertiary/aromatic N) is 1. The van der Waals surface area contributed by atoms with Gasteiger partial charge in [0, 0.05) is 36.1 Å². The molecule has 0 saturated heterocycles. The summed E-state index contributed by atoms with van der Waals surface area (Å²) in [7, 11) is 0. The molecule has 1 amide bonds. The summed E-state index contributed by atoms with van der Waals surface area (Å²) in [6, 6.07) is 9.43. The molecular formula is C16H19N3O. The molecule has 2 aromatic rings. The number of carbonyl (C=O) groups is 1. The molecule has 20 heavy (non-hydrogen) atoms. The summed E-state index contributed by atoms with van der Waals surface area (Å²) in [6.45, 7) is 4.41. The van der Waals surface area contributed by atoms with Crippen LogP contribution in [0, 0.1) is 13.8 Å². The van der Waals surface area contributed by atoms with Gasteiger partial charge in [-0.05, 0) is 43.2 Å². The number of benzene rings is 1. The predicted molar refractivity (Wildman–Crippen MR) is 80.6 cm³/mol. The molecule has 0 aliphatic rings. The first kappa shape index (κ1) is 14.1. The third kappa shape index (κ3) is 3.35. The number of anilines is 1. The van der Waals surface area contributed by atoms with Crippen LogP contribution in [-0.4, -0.2) is 17.4 Å². The quantitative estimate of drug-likeness (QED) is 0.836. The number of rotatable bonds is 4. The number of nitrogens with one attached hydrogen (secondary N) is 1. The van der Waals surface area contributed by atoms with E-state index in [0.717, 1.165) is 16.8 Å². The fraction of sp³-hybridized carbons (Fsp3) is 0.250. The van der Waals surface area contributed by atoms with Gasteiger partial charge in [-0.25, -0.2) is 0 Å². The lowest BCUT2D eigenvalue weighted by Crippen LogP contribution is -2.26. The predicted octanol–water partition coefficient (Wildman–Crippen LogP) is 2.25. The topological polar surface area (TPSA) is 68.0 Å². The molecule has 0 atom stereocenters. The first-order valence-corrected chi connectivity index (χ1v) is 6.63. The summed E-state index contributed by atoms with van der Waals surface area (Å²) in [6.07, 6.45) is 2.47. The highest BCUT2D eigenvalue weighted by molar-refractivity contribution is 5.96. The van der Waals surface area contributed by atoms with Crippen molar-refractivity contribution in [1.82, 2.24) is 10.3 Å². The molecule has 0 fully saturated rings. The molecule has 3 N–H and O–H groups in total. The highest BCUT2D eigenvalue weighted by Gasteiger charge is 2.10. The molecule has 0 saturated carbocycles. The molecule has 0 spiro atoms. The van der Waals surface area contributed by atoms with Crippen molar-refractivity contribution in [2.24, 2.45) is 0 Å². The second-order valence-electron chi connectivity index (χ2n) is 4.85. The van der Waals surface area contributed by atoms with Crippen LogP contribution >= 0.6 is 0 Å². The number of carbonyl (C=O) groups excluding carboxylic acids is 1. The standard InChI is InChI=1S/C16H19N3O/c1-11-9-12(2)15(17)10-14(11)16(20)19-8-6-13-5-3-4-7-18-13/h3-5,7,9-10H,6,8,17H2,1-2H3,(H,19,20). The van der Waals surface area contributed by atoms with Crippen molar-refractivity contribution in [3.05, 3.63) is 58.9 Å². The zero-order chi connectivity index (χ0) is 14.5. The molecule has 104 valence electrons. The Morgan fingerprint density at radius 1 is 1.25 bits per heavy atom. The fourth-order valence-electron chi connectivity index (χ4n) is 2.06. The summed E-state index contributed by atoms with van der Waals surface area (Å²) in [4.78, 5) is 16.4. The van der Waals surface area contributed by atoms with Crippen LogP contribution in [0.2, 0.25) is 0 Å². The van der Waals surface area contributed by atoms with Crippen molar-refractivity contribution in [3.63, 3.8) is 0 Å². The van der Waals surface area contributed by atoms with E-state index >= 15 is 0 Å². The van der Waals surface area contributed by atoms with E-state index < -0.39 is 0 Å². The van der Waals surface area contributed by atoms with Gasteiger partial charge in [-0.1, -0.05) is 12.1 Å². The summed E-state index contributed by atoms with van der Waals surface area (Å²) in [5, 5.41) is 2.90. The Kier molecular flexibility index (Phi) is 4.35. The number of nitrogen functional groups attached to an aromatic ring is 1. The Morgan fingerprint density at radius 2 is 2.05 bits per heavy atom. The van der Waals surface area contributed by atoms with E-state index in [2.05, 4.69) is 10.3 Å². The van der Waals surface area contributed by atoms with E-state index in [-0.39, 0.29) is 5.91 Å². The smallest absolute Gasteiger partial charge is 0.251 e. The van der Waals surface area contributed by atoms with Crippen molar-refractivity contribution >= 4 is 11.6 Å². The lowest BCUT2D eigenvalue weighted by molar-refractivity contribution is 0.0953. The van der Waals surface area contributed by atoms with E-state index in [1.54, 1.807) is 12.3 Å². The molecule has 1 aromatic heterocycles. The minimum absolute atomic E-state index is 0.0925. The van der Waals surface area contributed by atoms with E-state index in [9.17, 15) is 4.79 Å². The normalized spacial score (nSPS) is 10.3. The minimum atomic E-state index is -0.0925. The molecule has 1 aromatic carbocycles. The summed E-state index contributed by atoms with van der Waals surface area (Å²) in [5.74, 6) is -0.0925. The van der Waals surface area contributed by atoms with E-state index in [1.807, 2.05) is 38.1 Å². The van der Waals surface area contributed by atoms with Gasteiger partial charge < -0.3 is 11.1 Å². The maximum Gasteiger partial charge on any atom is 0.251 e. The number of amides is 1. The second kappa shape index (κ2) is 6.19. The second-order valence-corrected chi connectivity index (χ2v) is 4.85. The van der Waals surface area contributed by atoms with E-state index in [1.165, 1.54) is 0 Å². The first-order chi connectivity index (χ1) is 9.58. The van der Waals surface area contributed by atoms with Gasteiger partial charge >= 0.3 is 0 Å². The van der Waals surface area contributed by atoms with Crippen LogP contribution in [-0.2, 0) is 6.42 Å². The average Bonchev–Trinajstić information content (AvgIpc) is 2.44. The number of aryl methyl sites for hydroxylation is 2. The number of hydrogen-bond donors (Lipinski definition) is 2. The number of nitrogens with two attached hydrogens (primary N) is 1. The molecule has 0 unspecified atom stereocenters. The Bertz CT molecular complexity index is 609. The van der Waals surface area contributed by atoms with Crippen LogP contribution in [0.1, 0.15) is 27.2 Å². The number of hydrogen-bond acceptors (Lipinski definition) is 3. The van der Waals surface area contributed by atoms with Crippen LogP contribution in [0.4, 0.5) is 5.69 Å². The summed E-state index contributed by atoms with van der Waals surface area (Å²) < 4.78 is 0.